The van der Waals surface area contributed by atoms with Gasteiger partial charge in [0, 0.05) is 6.42 Å². The summed E-state index contributed by atoms with van der Waals surface area (Å²) in [5.41, 5.74) is 2.78. The SMILES string of the molecule is N#CC(C#N)CC(=CN=NC=Cc1ccccc1)c1ccccc1. The summed E-state index contributed by atoms with van der Waals surface area (Å²) in [6.45, 7) is 0. The number of azo groups is 1. The van der Waals surface area contributed by atoms with E-state index in [9.17, 15) is 0 Å². The van der Waals surface area contributed by atoms with Gasteiger partial charge >= 0.3 is 0 Å². The minimum atomic E-state index is -0.702. The zero-order chi connectivity index (χ0) is 17.0. The van der Waals surface area contributed by atoms with Crippen LogP contribution in [-0.2, 0) is 0 Å². The summed E-state index contributed by atoms with van der Waals surface area (Å²) in [4.78, 5) is 0. The molecule has 0 atom stereocenters. The average molecular weight is 312 g/mol. The van der Waals surface area contributed by atoms with Crippen molar-refractivity contribution in [1.29, 1.82) is 10.5 Å². The molecule has 0 aliphatic rings. The van der Waals surface area contributed by atoms with Crippen molar-refractivity contribution in [3.63, 3.8) is 0 Å². The summed E-state index contributed by atoms with van der Waals surface area (Å²) in [5.74, 6) is -0.702. The lowest BCUT2D eigenvalue weighted by molar-refractivity contribution is 0.874. The Morgan fingerprint density at radius 3 is 2.17 bits per heavy atom. The number of allylic oxidation sites excluding steroid dienone is 1. The van der Waals surface area contributed by atoms with E-state index in [0.717, 1.165) is 16.7 Å². The van der Waals surface area contributed by atoms with E-state index in [4.69, 9.17) is 10.5 Å². The van der Waals surface area contributed by atoms with E-state index < -0.39 is 5.92 Å². The Kier molecular flexibility index (Phi) is 6.68. The standard InChI is InChI=1S/C20H16N4/c21-14-18(15-22)13-20(19-9-5-2-6-10-19)16-24-23-12-11-17-7-3-1-4-8-17/h1-12,16,18H,13H2. The van der Waals surface area contributed by atoms with Crippen LogP contribution in [-0.4, -0.2) is 0 Å². The average Bonchev–Trinajstić information content (AvgIpc) is 2.65. The Balaban J connectivity index is 2.13. The van der Waals surface area contributed by atoms with Crippen molar-refractivity contribution >= 4 is 11.6 Å². The summed E-state index contributed by atoms with van der Waals surface area (Å²) >= 11 is 0. The molecule has 24 heavy (non-hydrogen) atoms. The van der Waals surface area contributed by atoms with Gasteiger partial charge in [-0.3, -0.25) is 0 Å². The zero-order valence-corrected chi connectivity index (χ0v) is 13.1. The molecule has 0 saturated heterocycles. The van der Waals surface area contributed by atoms with Crippen LogP contribution in [0.5, 0.6) is 0 Å². The van der Waals surface area contributed by atoms with E-state index in [-0.39, 0.29) is 0 Å². The highest BCUT2D eigenvalue weighted by atomic mass is 15.1. The van der Waals surface area contributed by atoms with Crippen LogP contribution >= 0.6 is 0 Å². The van der Waals surface area contributed by atoms with Gasteiger partial charge < -0.3 is 0 Å². The van der Waals surface area contributed by atoms with Gasteiger partial charge in [0.25, 0.3) is 0 Å². The van der Waals surface area contributed by atoms with E-state index in [1.54, 1.807) is 12.4 Å². The normalized spacial score (nSPS) is 11.7. The van der Waals surface area contributed by atoms with E-state index in [2.05, 4.69) is 10.2 Å². The first-order chi connectivity index (χ1) is 11.8. The third-order valence-electron chi connectivity index (χ3n) is 3.29. The second-order valence-corrected chi connectivity index (χ2v) is 4.99. The number of hydrogen-bond acceptors (Lipinski definition) is 4. The second-order valence-electron chi connectivity index (χ2n) is 4.99. The van der Waals surface area contributed by atoms with Gasteiger partial charge in [-0.2, -0.15) is 20.8 Å². The van der Waals surface area contributed by atoms with Gasteiger partial charge in [0.1, 0.15) is 5.92 Å². The van der Waals surface area contributed by atoms with Gasteiger partial charge in [0.2, 0.25) is 0 Å². The highest BCUT2D eigenvalue weighted by Gasteiger charge is 2.10. The lowest BCUT2D eigenvalue weighted by Crippen LogP contribution is -1.95. The molecule has 0 N–H and O–H groups in total. The highest BCUT2D eigenvalue weighted by Crippen LogP contribution is 2.22. The van der Waals surface area contributed by atoms with Crippen LogP contribution in [0.2, 0.25) is 0 Å². The third kappa shape index (κ3) is 5.36. The van der Waals surface area contributed by atoms with Crippen LogP contribution in [0.15, 0.2) is 83.3 Å². The molecular weight excluding hydrogens is 296 g/mol. The smallest absolute Gasteiger partial charge is 0.137 e. The molecule has 0 aliphatic heterocycles. The number of nitrogens with zero attached hydrogens (tertiary/aromatic N) is 4. The minimum Gasteiger partial charge on any atom is -0.197 e. The Bertz CT molecular complexity index is 792. The van der Waals surface area contributed by atoms with E-state index >= 15 is 0 Å². The maximum atomic E-state index is 8.99. The molecule has 4 heteroatoms. The largest absolute Gasteiger partial charge is 0.197 e. The molecule has 2 rings (SSSR count). The molecule has 0 fully saturated rings. The van der Waals surface area contributed by atoms with Crippen molar-refractivity contribution < 1.29 is 0 Å². The van der Waals surface area contributed by atoms with Gasteiger partial charge in [-0.25, -0.2) is 0 Å². The summed E-state index contributed by atoms with van der Waals surface area (Å²) in [7, 11) is 0. The molecule has 0 unspecified atom stereocenters. The lowest BCUT2D eigenvalue weighted by Gasteiger charge is -2.06. The molecule has 0 aliphatic carbocycles. The fraction of sp³-hybridized carbons (Fsp3) is 0.100. The second kappa shape index (κ2) is 9.50. The molecule has 0 spiro atoms. The number of rotatable bonds is 6. The molecule has 116 valence electrons. The molecule has 0 aromatic heterocycles. The fourth-order valence-corrected chi connectivity index (χ4v) is 2.06. The van der Waals surface area contributed by atoms with Crippen LogP contribution in [0.3, 0.4) is 0 Å². The van der Waals surface area contributed by atoms with Crippen molar-refractivity contribution in [3.8, 4) is 12.1 Å². The first-order valence-electron chi connectivity index (χ1n) is 7.48. The lowest BCUT2D eigenvalue weighted by atomic mass is 9.97. The topological polar surface area (TPSA) is 72.3 Å². The third-order valence-corrected chi connectivity index (χ3v) is 3.29. The fourth-order valence-electron chi connectivity index (χ4n) is 2.06. The van der Waals surface area contributed by atoms with Gasteiger partial charge in [-0.1, -0.05) is 60.7 Å². The van der Waals surface area contributed by atoms with Crippen molar-refractivity contribution in [2.75, 3.05) is 0 Å². The van der Waals surface area contributed by atoms with Crippen molar-refractivity contribution in [2.24, 2.45) is 16.1 Å². The monoisotopic (exact) mass is 312 g/mol. The molecule has 0 radical (unpaired) electrons. The van der Waals surface area contributed by atoms with E-state index in [1.807, 2.05) is 78.9 Å². The molecule has 2 aromatic rings. The highest BCUT2D eigenvalue weighted by molar-refractivity contribution is 5.66. The van der Waals surface area contributed by atoms with Gasteiger partial charge in [0.15, 0.2) is 0 Å². The van der Waals surface area contributed by atoms with Crippen molar-refractivity contribution in [1.82, 2.24) is 0 Å². The summed E-state index contributed by atoms with van der Waals surface area (Å²) in [6.07, 6.45) is 5.39. The predicted molar refractivity (Wildman–Crippen MR) is 94.1 cm³/mol. The summed E-state index contributed by atoms with van der Waals surface area (Å²) < 4.78 is 0. The maximum Gasteiger partial charge on any atom is 0.137 e. The Labute approximate surface area is 141 Å². The van der Waals surface area contributed by atoms with Crippen LogP contribution in [0, 0.1) is 28.6 Å². The quantitative estimate of drug-likeness (QED) is 0.687. The molecule has 2 aromatic carbocycles. The Hall–Kier alpha value is -3.50. The van der Waals surface area contributed by atoms with E-state index in [0.29, 0.717) is 6.42 Å². The molecule has 0 amide bonds. The molecular formula is C20H16N4. The summed E-state index contributed by atoms with van der Waals surface area (Å²) in [5, 5.41) is 26.0. The predicted octanol–water partition coefficient (Wildman–Crippen LogP) is 5.20. The van der Waals surface area contributed by atoms with Crippen LogP contribution in [0.4, 0.5) is 0 Å². The Morgan fingerprint density at radius 2 is 1.54 bits per heavy atom. The van der Waals surface area contributed by atoms with E-state index in [1.165, 1.54) is 0 Å². The number of benzene rings is 2. The van der Waals surface area contributed by atoms with Crippen LogP contribution in [0.1, 0.15) is 17.5 Å². The molecule has 0 heterocycles. The zero-order valence-electron chi connectivity index (χ0n) is 13.1. The van der Waals surface area contributed by atoms with Crippen LogP contribution < -0.4 is 0 Å². The molecule has 0 saturated carbocycles. The maximum absolute atomic E-state index is 8.99. The van der Waals surface area contributed by atoms with Gasteiger partial charge in [0.05, 0.1) is 24.5 Å². The number of nitriles is 2. The first kappa shape index (κ1) is 16.9. The molecule has 4 nitrogen and oxygen atoms in total. The van der Waals surface area contributed by atoms with Gasteiger partial charge in [-0.15, -0.1) is 0 Å². The van der Waals surface area contributed by atoms with Crippen molar-refractivity contribution in [3.05, 3.63) is 84.2 Å². The Morgan fingerprint density at radius 1 is 0.917 bits per heavy atom. The number of hydrogen-bond donors (Lipinski definition) is 0. The minimum absolute atomic E-state index is 0.318. The summed E-state index contributed by atoms with van der Waals surface area (Å²) in [6, 6.07) is 23.4. The van der Waals surface area contributed by atoms with Crippen LogP contribution in [0.25, 0.3) is 11.6 Å². The molecule has 0 bridgehead atoms. The van der Waals surface area contributed by atoms with Crippen molar-refractivity contribution in [2.45, 2.75) is 6.42 Å². The van der Waals surface area contributed by atoms with Gasteiger partial charge in [-0.05, 0) is 22.8 Å². The first-order valence-corrected chi connectivity index (χ1v) is 7.48.